The molecule has 2 aromatic carbocycles. The van der Waals surface area contributed by atoms with E-state index in [1.807, 2.05) is 0 Å². The predicted molar refractivity (Wildman–Crippen MR) is 116 cm³/mol. The minimum atomic E-state index is 0.192. The lowest BCUT2D eigenvalue weighted by Crippen LogP contribution is -3.28. The lowest BCUT2D eigenvalue weighted by Gasteiger charge is -2.30. The summed E-state index contributed by atoms with van der Waals surface area (Å²) in [5.41, 5.74) is 5.49. The molecule has 0 unspecified atom stereocenters. The number of amides is 1. The summed E-state index contributed by atoms with van der Waals surface area (Å²) in [7, 11) is 0. The molecule has 0 saturated carbocycles. The molecule has 3 aliphatic rings. The van der Waals surface area contributed by atoms with Gasteiger partial charge in [0.25, 0.3) is 5.91 Å². The number of piperazine rings is 1. The minimum absolute atomic E-state index is 0.192. The lowest BCUT2D eigenvalue weighted by molar-refractivity contribution is -1.02. The third-order valence-electron chi connectivity index (χ3n) is 6.99. The molecular formula is C25H33N3O2+2. The Morgan fingerprint density at radius 2 is 1.83 bits per heavy atom. The average Bonchev–Trinajstić information content (AvgIpc) is 3.23. The molecule has 1 aliphatic carbocycles. The molecule has 5 rings (SSSR count). The van der Waals surface area contributed by atoms with Crippen molar-refractivity contribution in [3.05, 3.63) is 64.7 Å². The number of nitrogens with one attached hydrogen (secondary N) is 3. The molecule has 1 atom stereocenters. The molecule has 1 fully saturated rings. The van der Waals surface area contributed by atoms with E-state index in [0.717, 1.165) is 70.8 Å². The maximum atomic E-state index is 12.7. The summed E-state index contributed by atoms with van der Waals surface area (Å²) in [4.78, 5) is 15.8. The van der Waals surface area contributed by atoms with Crippen molar-refractivity contribution in [3.63, 3.8) is 0 Å². The van der Waals surface area contributed by atoms with Gasteiger partial charge in [0.15, 0.2) is 6.54 Å². The number of carbonyl (C=O) groups excluding carboxylic acids is 1. The van der Waals surface area contributed by atoms with Crippen molar-refractivity contribution in [2.24, 2.45) is 0 Å². The van der Waals surface area contributed by atoms with Crippen LogP contribution in [0.4, 0.5) is 0 Å². The second-order valence-corrected chi connectivity index (χ2v) is 9.11. The van der Waals surface area contributed by atoms with E-state index in [-0.39, 0.29) is 11.9 Å². The first-order valence-corrected chi connectivity index (χ1v) is 11.5. The van der Waals surface area contributed by atoms with Crippen LogP contribution in [0.1, 0.15) is 41.1 Å². The summed E-state index contributed by atoms with van der Waals surface area (Å²) in [5, 5.41) is 3.32. The number of carbonyl (C=O) groups is 1. The Balaban J connectivity index is 1.09. The van der Waals surface area contributed by atoms with Crippen LogP contribution in [0.25, 0.3) is 0 Å². The zero-order valence-electron chi connectivity index (χ0n) is 17.7. The van der Waals surface area contributed by atoms with E-state index in [1.54, 1.807) is 4.90 Å². The molecule has 2 aliphatic heterocycles. The Labute approximate surface area is 179 Å². The van der Waals surface area contributed by atoms with Gasteiger partial charge >= 0.3 is 0 Å². The van der Waals surface area contributed by atoms with Crippen LogP contribution in [0.15, 0.2) is 42.5 Å². The highest BCUT2D eigenvalue weighted by Crippen LogP contribution is 2.29. The summed E-state index contributed by atoms with van der Waals surface area (Å²) in [5.74, 6) is 1.27. The largest absolute Gasteiger partial charge is 0.493 e. The molecule has 0 aromatic heterocycles. The number of hydrogen-bond acceptors (Lipinski definition) is 2. The van der Waals surface area contributed by atoms with Crippen molar-refractivity contribution in [2.45, 2.75) is 38.3 Å². The Morgan fingerprint density at radius 1 is 1.00 bits per heavy atom. The zero-order valence-corrected chi connectivity index (χ0v) is 17.7. The molecule has 30 heavy (non-hydrogen) atoms. The first-order valence-electron chi connectivity index (χ1n) is 11.5. The number of fused-ring (bicyclic) bond motifs is 2. The second kappa shape index (κ2) is 8.78. The molecule has 2 aromatic rings. The van der Waals surface area contributed by atoms with E-state index in [9.17, 15) is 4.79 Å². The SMILES string of the molecule is O=C(C[NH+]1CC[NH+](Cc2ccc3c(c2)CCO3)CC1)N[C@@H]1CCCc2ccccc21. The van der Waals surface area contributed by atoms with Crippen LogP contribution < -0.4 is 19.9 Å². The fraction of sp³-hybridized carbons (Fsp3) is 0.480. The summed E-state index contributed by atoms with van der Waals surface area (Å²) in [6.45, 7) is 6.89. The Kier molecular flexibility index (Phi) is 5.73. The fourth-order valence-corrected chi connectivity index (χ4v) is 5.33. The number of benzene rings is 2. The van der Waals surface area contributed by atoms with Gasteiger partial charge in [0, 0.05) is 12.0 Å². The van der Waals surface area contributed by atoms with Crippen molar-refractivity contribution >= 4 is 5.91 Å². The standard InChI is InChI=1S/C25H31N3O2/c29-25(26-23-7-3-5-20-4-1-2-6-22(20)23)18-28-13-11-27(12-14-28)17-19-8-9-24-21(16-19)10-15-30-24/h1-2,4,6,8-9,16,23H,3,5,7,10-15,17-18H2,(H,26,29)/p+2/t23-/m1/s1. The molecule has 5 heteroatoms. The van der Waals surface area contributed by atoms with Crippen molar-refractivity contribution in [2.75, 3.05) is 39.3 Å². The molecule has 0 radical (unpaired) electrons. The van der Waals surface area contributed by atoms with Gasteiger partial charge < -0.3 is 19.9 Å². The highest BCUT2D eigenvalue weighted by atomic mass is 16.5. The minimum Gasteiger partial charge on any atom is -0.493 e. The van der Waals surface area contributed by atoms with E-state index in [1.165, 1.54) is 27.2 Å². The van der Waals surface area contributed by atoms with Crippen LogP contribution in [-0.2, 0) is 24.2 Å². The zero-order chi connectivity index (χ0) is 20.3. The van der Waals surface area contributed by atoms with Gasteiger partial charge in [-0.25, -0.2) is 0 Å². The van der Waals surface area contributed by atoms with Gasteiger partial charge in [-0.05, 0) is 54.2 Å². The van der Waals surface area contributed by atoms with Gasteiger partial charge in [0.05, 0.1) is 12.6 Å². The summed E-state index contributed by atoms with van der Waals surface area (Å²) >= 11 is 0. The first kappa shape index (κ1) is 19.6. The van der Waals surface area contributed by atoms with Crippen LogP contribution in [0.2, 0.25) is 0 Å². The molecule has 0 spiro atoms. The Morgan fingerprint density at radius 3 is 2.73 bits per heavy atom. The maximum absolute atomic E-state index is 12.7. The number of ether oxygens (including phenoxy) is 1. The summed E-state index contributed by atoms with van der Waals surface area (Å²) in [6, 6.07) is 15.4. The smallest absolute Gasteiger partial charge is 0.275 e. The molecule has 1 amide bonds. The lowest BCUT2D eigenvalue weighted by atomic mass is 9.88. The molecular weight excluding hydrogens is 374 g/mol. The third kappa shape index (κ3) is 4.37. The predicted octanol–water partition coefficient (Wildman–Crippen LogP) is 0.0987. The van der Waals surface area contributed by atoms with E-state index in [4.69, 9.17) is 4.74 Å². The number of rotatable bonds is 5. The van der Waals surface area contributed by atoms with E-state index < -0.39 is 0 Å². The van der Waals surface area contributed by atoms with Gasteiger partial charge in [-0.3, -0.25) is 4.79 Å². The van der Waals surface area contributed by atoms with Gasteiger partial charge in [0.1, 0.15) is 38.5 Å². The van der Waals surface area contributed by atoms with Crippen LogP contribution in [-0.4, -0.2) is 45.2 Å². The quantitative estimate of drug-likeness (QED) is 0.659. The third-order valence-corrected chi connectivity index (χ3v) is 6.99. The van der Waals surface area contributed by atoms with E-state index >= 15 is 0 Å². The molecule has 5 nitrogen and oxygen atoms in total. The Hall–Kier alpha value is -2.37. The fourth-order valence-electron chi connectivity index (χ4n) is 5.33. The molecule has 2 heterocycles. The van der Waals surface area contributed by atoms with Crippen LogP contribution >= 0.6 is 0 Å². The van der Waals surface area contributed by atoms with Crippen LogP contribution in [0.3, 0.4) is 0 Å². The van der Waals surface area contributed by atoms with Gasteiger partial charge in [-0.1, -0.05) is 24.3 Å². The van der Waals surface area contributed by atoms with Gasteiger partial charge in [-0.2, -0.15) is 0 Å². The van der Waals surface area contributed by atoms with Crippen LogP contribution in [0, 0.1) is 0 Å². The van der Waals surface area contributed by atoms with Gasteiger partial charge in [-0.15, -0.1) is 0 Å². The molecule has 1 saturated heterocycles. The van der Waals surface area contributed by atoms with Crippen molar-refractivity contribution in [1.82, 2.24) is 5.32 Å². The molecule has 0 bridgehead atoms. The van der Waals surface area contributed by atoms with E-state index in [2.05, 4.69) is 47.8 Å². The summed E-state index contributed by atoms with van der Waals surface area (Å²) < 4.78 is 5.62. The number of hydrogen-bond donors (Lipinski definition) is 3. The van der Waals surface area contributed by atoms with E-state index in [0.29, 0.717) is 6.54 Å². The molecule has 3 N–H and O–H groups in total. The first-order chi connectivity index (χ1) is 14.7. The maximum Gasteiger partial charge on any atom is 0.275 e. The topological polar surface area (TPSA) is 47.2 Å². The van der Waals surface area contributed by atoms with Crippen molar-refractivity contribution in [3.8, 4) is 5.75 Å². The van der Waals surface area contributed by atoms with Crippen molar-refractivity contribution < 1.29 is 19.3 Å². The average molecular weight is 408 g/mol. The second-order valence-electron chi connectivity index (χ2n) is 9.11. The highest BCUT2D eigenvalue weighted by molar-refractivity contribution is 5.77. The monoisotopic (exact) mass is 407 g/mol. The highest BCUT2D eigenvalue weighted by Gasteiger charge is 2.27. The Bertz CT molecular complexity index is 905. The van der Waals surface area contributed by atoms with Gasteiger partial charge in [0.2, 0.25) is 0 Å². The molecule has 158 valence electrons. The number of aryl methyl sites for hydroxylation is 1. The summed E-state index contributed by atoms with van der Waals surface area (Å²) in [6.07, 6.45) is 4.39. The van der Waals surface area contributed by atoms with Crippen LogP contribution in [0.5, 0.6) is 5.75 Å². The van der Waals surface area contributed by atoms with Crippen molar-refractivity contribution in [1.29, 1.82) is 0 Å². The number of quaternary nitrogens is 2. The normalized spacial score (nSPS) is 25.1.